The molecule has 0 saturated heterocycles. The number of ether oxygens (including phenoxy) is 1. The van der Waals surface area contributed by atoms with Gasteiger partial charge in [-0.3, -0.25) is 4.79 Å². The average molecular weight is 278 g/mol. The van der Waals surface area contributed by atoms with Crippen molar-refractivity contribution >= 4 is 17.3 Å². The minimum atomic E-state index is -0.524. The average Bonchev–Trinajstić information content (AvgIpc) is 2.92. The standard InChI is InChI=1S/C14H15FN2O3/c15-12-4-3-10(16)8-13(12)17-14(18)5-7-19-9-11-2-1-6-20-11/h1-4,6,8H,5,7,9,16H2,(H,17,18). The predicted octanol–water partition coefficient (Wildman–Crippen LogP) is 2.55. The Labute approximate surface area is 115 Å². The first-order valence-corrected chi connectivity index (χ1v) is 6.10. The third kappa shape index (κ3) is 4.10. The SMILES string of the molecule is Nc1ccc(F)c(NC(=O)CCOCc2ccco2)c1. The molecule has 0 aliphatic rings. The van der Waals surface area contributed by atoms with Crippen molar-refractivity contribution in [1.82, 2.24) is 0 Å². The Balaban J connectivity index is 1.73. The molecule has 3 N–H and O–H groups in total. The molecule has 2 rings (SSSR count). The van der Waals surface area contributed by atoms with Crippen molar-refractivity contribution in [3.8, 4) is 0 Å². The van der Waals surface area contributed by atoms with Gasteiger partial charge in [0, 0.05) is 5.69 Å². The highest BCUT2D eigenvalue weighted by Gasteiger charge is 2.07. The molecule has 2 aromatic rings. The quantitative estimate of drug-likeness (QED) is 0.628. The summed E-state index contributed by atoms with van der Waals surface area (Å²) < 4.78 is 23.7. The summed E-state index contributed by atoms with van der Waals surface area (Å²) in [6.45, 7) is 0.517. The van der Waals surface area contributed by atoms with Crippen LogP contribution in [-0.2, 0) is 16.1 Å². The molecule has 106 valence electrons. The maximum Gasteiger partial charge on any atom is 0.226 e. The molecule has 1 amide bonds. The summed E-state index contributed by atoms with van der Waals surface area (Å²) in [6, 6.07) is 7.54. The van der Waals surface area contributed by atoms with Crippen LogP contribution in [0.3, 0.4) is 0 Å². The summed E-state index contributed by atoms with van der Waals surface area (Å²) in [5.74, 6) is -0.176. The van der Waals surface area contributed by atoms with Crippen molar-refractivity contribution in [1.29, 1.82) is 0 Å². The Bertz CT molecular complexity index is 570. The molecule has 1 aromatic heterocycles. The fraction of sp³-hybridized carbons (Fsp3) is 0.214. The number of nitrogens with two attached hydrogens (primary N) is 1. The Kier molecular flexibility index (Phi) is 4.73. The Morgan fingerprint density at radius 2 is 2.25 bits per heavy atom. The molecule has 0 unspecified atom stereocenters. The van der Waals surface area contributed by atoms with Crippen molar-refractivity contribution in [3.63, 3.8) is 0 Å². The molecule has 0 radical (unpaired) electrons. The molecule has 0 aliphatic carbocycles. The second-order valence-corrected chi connectivity index (χ2v) is 4.17. The molecular weight excluding hydrogens is 263 g/mol. The fourth-order valence-corrected chi connectivity index (χ4v) is 1.58. The second kappa shape index (κ2) is 6.72. The summed E-state index contributed by atoms with van der Waals surface area (Å²) in [5, 5.41) is 2.45. The van der Waals surface area contributed by atoms with Crippen LogP contribution in [0.5, 0.6) is 0 Å². The highest BCUT2D eigenvalue weighted by Crippen LogP contribution is 2.17. The van der Waals surface area contributed by atoms with Crippen molar-refractivity contribution in [2.24, 2.45) is 0 Å². The molecule has 0 bridgehead atoms. The number of furan rings is 1. The van der Waals surface area contributed by atoms with E-state index in [1.54, 1.807) is 18.4 Å². The van der Waals surface area contributed by atoms with Crippen LogP contribution in [0, 0.1) is 5.82 Å². The van der Waals surface area contributed by atoms with Gasteiger partial charge in [0.05, 0.1) is 25.0 Å². The van der Waals surface area contributed by atoms with E-state index in [9.17, 15) is 9.18 Å². The zero-order chi connectivity index (χ0) is 14.4. The van der Waals surface area contributed by atoms with Gasteiger partial charge < -0.3 is 20.2 Å². The second-order valence-electron chi connectivity index (χ2n) is 4.17. The highest BCUT2D eigenvalue weighted by molar-refractivity contribution is 5.91. The molecule has 1 heterocycles. The molecule has 0 atom stereocenters. The summed E-state index contributed by atoms with van der Waals surface area (Å²) in [5.41, 5.74) is 5.98. The van der Waals surface area contributed by atoms with Crippen LogP contribution in [0.2, 0.25) is 0 Å². The van der Waals surface area contributed by atoms with Gasteiger partial charge in [0.25, 0.3) is 0 Å². The fourth-order valence-electron chi connectivity index (χ4n) is 1.58. The molecule has 6 heteroatoms. The number of rotatable bonds is 6. The summed E-state index contributed by atoms with van der Waals surface area (Å²) >= 11 is 0. The Morgan fingerprint density at radius 3 is 3.00 bits per heavy atom. The van der Waals surface area contributed by atoms with Gasteiger partial charge in [-0.15, -0.1) is 0 Å². The van der Waals surface area contributed by atoms with Gasteiger partial charge in [-0.05, 0) is 30.3 Å². The number of anilines is 2. The van der Waals surface area contributed by atoms with Gasteiger partial charge in [-0.2, -0.15) is 0 Å². The summed E-state index contributed by atoms with van der Waals surface area (Å²) in [7, 11) is 0. The van der Waals surface area contributed by atoms with Crippen molar-refractivity contribution < 1.29 is 18.3 Å². The maximum atomic E-state index is 13.4. The Morgan fingerprint density at radius 1 is 1.40 bits per heavy atom. The first-order valence-electron chi connectivity index (χ1n) is 6.10. The number of hydrogen-bond acceptors (Lipinski definition) is 4. The highest BCUT2D eigenvalue weighted by atomic mass is 19.1. The van der Waals surface area contributed by atoms with E-state index in [0.29, 0.717) is 18.1 Å². The smallest absolute Gasteiger partial charge is 0.226 e. The number of nitrogens with one attached hydrogen (secondary N) is 1. The normalized spacial score (nSPS) is 10.4. The minimum Gasteiger partial charge on any atom is -0.467 e. The monoisotopic (exact) mass is 278 g/mol. The molecule has 0 aliphatic heterocycles. The molecule has 20 heavy (non-hydrogen) atoms. The lowest BCUT2D eigenvalue weighted by Crippen LogP contribution is -2.15. The van der Waals surface area contributed by atoms with Crippen LogP contribution in [0.15, 0.2) is 41.0 Å². The van der Waals surface area contributed by atoms with Gasteiger partial charge in [0.2, 0.25) is 5.91 Å². The van der Waals surface area contributed by atoms with Gasteiger partial charge in [0.1, 0.15) is 18.2 Å². The van der Waals surface area contributed by atoms with Gasteiger partial charge in [0.15, 0.2) is 0 Å². The van der Waals surface area contributed by atoms with E-state index in [0.717, 1.165) is 0 Å². The minimum absolute atomic E-state index is 0.0704. The van der Waals surface area contributed by atoms with Crippen molar-refractivity contribution in [2.45, 2.75) is 13.0 Å². The van der Waals surface area contributed by atoms with E-state index < -0.39 is 5.82 Å². The molecule has 0 fully saturated rings. The lowest BCUT2D eigenvalue weighted by Gasteiger charge is -2.07. The first-order chi connectivity index (χ1) is 9.65. The van der Waals surface area contributed by atoms with Crippen LogP contribution in [0.25, 0.3) is 0 Å². The van der Waals surface area contributed by atoms with E-state index in [4.69, 9.17) is 14.9 Å². The zero-order valence-electron chi connectivity index (χ0n) is 10.8. The van der Waals surface area contributed by atoms with E-state index >= 15 is 0 Å². The van der Waals surface area contributed by atoms with Crippen LogP contribution >= 0.6 is 0 Å². The van der Waals surface area contributed by atoms with Gasteiger partial charge >= 0.3 is 0 Å². The van der Waals surface area contributed by atoms with Crippen LogP contribution in [-0.4, -0.2) is 12.5 Å². The first kappa shape index (κ1) is 14.1. The van der Waals surface area contributed by atoms with Gasteiger partial charge in [-0.25, -0.2) is 4.39 Å². The summed E-state index contributed by atoms with van der Waals surface area (Å²) in [6.07, 6.45) is 1.67. The number of halogens is 1. The molecule has 5 nitrogen and oxygen atoms in total. The molecular formula is C14H15FN2O3. The number of carbonyl (C=O) groups excluding carboxylic acids is 1. The third-order valence-corrected chi connectivity index (χ3v) is 2.56. The Hall–Kier alpha value is -2.34. The molecule has 0 saturated carbocycles. The van der Waals surface area contributed by atoms with Gasteiger partial charge in [-0.1, -0.05) is 0 Å². The van der Waals surface area contributed by atoms with Crippen LogP contribution < -0.4 is 11.1 Å². The lowest BCUT2D eigenvalue weighted by molar-refractivity contribution is -0.117. The summed E-state index contributed by atoms with van der Waals surface area (Å²) in [4.78, 5) is 11.6. The third-order valence-electron chi connectivity index (χ3n) is 2.56. The number of carbonyl (C=O) groups is 1. The largest absolute Gasteiger partial charge is 0.467 e. The van der Waals surface area contributed by atoms with E-state index in [-0.39, 0.29) is 24.6 Å². The van der Waals surface area contributed by atoms with E-state index in [1.165, 1.54) is 18.2 Å². The number of nitrogen functional groups attached to an aromatic ring is 1. The zero-order valence-corrected chi connectivity index (χ0v) is 10.8. The lowest BCUT2D eigenvalue weighted by atomic mass is 10.2. The predicted molar refractivity (Wildman–Crippen MR) is 72.4 cm³/mol. The number of benzene rings is 1. The van der Waals surface area contributed by atoms with E-state index in [1.807, 2.05) is 0 Å². The van der Waals surface area contributed by atoms with Crippen LogP contribution in [0.4, 0.5) is 15.8 Å². The van der Waals surface area contributed by atoms with E-state index in [2.05, 4.69) is 5.32 Å². The molecule has 0 spiro atoms. The number of amides is 1. The van der Waals surface area contributed by atoms with Crippen molar-refractivity contribution in [2.75, 3.05) is 17.7 Å². The molecule has 1 aromatic carbocycles. The topological polar surface area (TPSA) is 77.5 Å². The van der Waals surface area contributed by atoms with Crippen LogP contribution in [0.1, 0.15) is 12.2 Å². The maximum absolute atomic E-state index is 13.4. The number of hydrogen-bond donors (Lipinski definition) is 2. The van der Waals surface area contributed by atoms with Crippen molar-refractivity contribution in [3.05, 3.63) is 48.2 Å².